The number of nitrogens with zero attached hydrogens (tertiary/aromatic N) is 3. The highest BCUT2D eigenvalue weighted by atomic mass is 16.3. The highest BCUT2D eigenvalue weighted by Crippen LogP contribution is 2.27. The summed E-state index contributed by atoms with van der Waals surface area (Å²) < 4.78 is 0. The number of fused-ring (bicyclic) bond motifs is 1. The van der Waals surface area contributed by atoms with Crippen LogP contribution in [0.25, 0.3) is 10.4 Å². The minimum Gasteiger partial charge on any atom is -0.390 e. The summed E-state index contributed by atoms with van der Waals surface area (Å²) >= 11 is 0. The fourth-order valence-electron chi connectivity index (χ4n) is 2.03. The number of amides is 1. The molecule has 2 unspecified atom stereocenters. The Morgan fingerprint density at radius 1 is 1.42 bits per heavy atom. The molecule has 7 nitrogen and oxygen atoms in total. The molecule has 1 heterocycles. The zero-order valence-electron chi connectivity index (χ0n) is 10.2. The lowest BCUT2D eigenvalue weighted by Gasteiger charge is -2.21. The summed E-state index contributed by atoms with van der Waals surface area (Å²) in [5.41, 5.74) is 10.4. The van der Waals surface area contributed by atoms with Gasteiger partial charge in [-0.05, 0) is 29.1 Å². The van der Waals surface area contributed by atoms with Crippen molar-refractivity contribution in [2.24, 2.45) is 5.11 Å². The smallest absolute Gasteiger partial charge is 0.224 e. The van der Waals surface area contributed by atoms with Crippen molar-refractivity contribution < 1.29 is 15.0 Å². The third-order valence-corrected chi connectivity index (χ3v) is 3.06. The zero-order valence-corrected chi connectivity index (χ0v) is 10.2. The SMILES string of the molecule is [N-]=[N+]=NCC(O)C(O)c1ccc2c(c1)CCC(=O)N2. The van der Waals surface area contributed by atoms with Gasteiger partial charge in [-0.2, -0.15) is 0 Å². The molecule has 1 aliphatic heterocycles. The molecule has 0 aliphatic carbocycles. The van der Waals surface area contributed by atoms with Gasteiger partial charge in [0.2, 0.25) is 5.91 Å². The first-order valence-electron chi connectivity index (χ1n) is 5.91. The predicted molar refractivity (Wildman–Crippen MR) is 68.4 cm³/mol. The molecule has 3 N–H and O–H groups in total. The monoisotopic (exact) mass is 262 g/mol. The number of aliphatic hydroxyl groups is 2. The summed E-state index contributed by atoms with van der Waals surface area (Å²) in [7, 11) is 0. The van der Waals surface area contributed by atoms with Gasteiger partial charge in [0.25, 0.3) is 0 Å². The lowest BCUT2D eigenvalue weighted by molar-refractivity contribution is -0.116. The van der Waals surface area contributed by atoms with Gasteiger partial charge in [-0.25, -0.2) is 0 Å². The molecule has 2 atom stereocenters. The quantitative estimate of drug-likeness (QED) is 0.430. The number of carbonyl (C=O) groups excluding carboxylic acids is 1. The van der Waals surface area contributed by atoms with E-state index in [9.17, 15) is 15.0 Å². The number of carbonyl (C=O) groups is 1. The largest absolute Gasteiger partial charge is 0.390 e. The van der Waals surface area contributed by atoms with Crippen molar-refractivity contribution in [2.45, 2.75) is 25.0 Å². The molecule has 100 valence electrons. The molecule has 0 fully saturated rings. The maximum Gasteiger partial charge on any atom is 0.224 e. The molecule has 1 aromatic carbocycles. The second-order valence-corrected chi connectivity index (χ2v) is 4.39. The Labute approximate surface area is 109 Å². The van der Waals surface area contributed by atoms with Crippen LogP contribution in [-0.2, 0) is 11.2 Å². The second kappa shape index (κ2) is 5.71. The van der Waals surface area contributed by atoms with Gasteiger partial charge < -0.3 is 15.5 Å². The molecule has 0 radical (unpaired) electrons. The van der Waals surface area contributed by atoms with Crippen LogP contribution in [0.4, 0.5) is 5.69 Å². The molecule has 1 amide bonds. The van der Waals surface area contributed by atoms with Crippen LogP contribution < -0.4 is 5.32 Å². The number of nitrogens with one attached hydrogen (secondary N) is 1. The number of hydrogen-bond donors (Lipinski definition) is 3. The first-order valence-corrected chi connectivity index (χ1v) is 5.91. The summed E-state index contributed by atoms with van der Waals surface area (Å²) in [5, 5.41) is 25.6. The molecule has 1 aromatic rings. The number of anilines is 1. The Kier molecular flexibility index (Phi) is 4.01. The molecule has 19 heavy (non-hydrogen) atoms. The van der Waals surface area contributed by atoms with Crippen LogP contribution in [0.3, 0.4) is 0 Å². The number of hydrogen-bond acceptors (Lipinski definition) is 4. The average Bonchev–Trinajstić information content (AvgIpc) is 2.43. The highest BCUT2D eigenvalue weighted by molar-refractivity contribution is 5.93. The van der Waals surface area contributed by atoms with Gasteiger partial charge in [0.05, 0.1) is 12.6 Å². The Bertz CT molecular complexity index is 540. The van der Waals surface area contributed by atoms with E-state index in [0.717, 1.165) is 11.3 Å². The van der Waals surface area contributed by atoms with Crippen LogP contribution in [0.5, 0.6) is 0 Å². The molecule has 7 heteroatoms. The second-order valence-electron chi connectivity index (χ2n) is 4.39. The van der Waals surface area contributed by atoms with E-state index in [0.29, 0.717) is 18.4 Å². The van der Waals surface area contributed by atoms with E-state index >= 15 is 0 Å². The van der Waals surface area contributed by atoms with Crippen LogP contribution in [0.2, 0.25) is 0 Å². The minimum absolute atomic E-state index is 0.0239. The van der Waals surface area contributed by atoms with Crippen molar-refractivity contribution >= 4 is 11.6 Å². The first-order chi connectivity index (χ1) is 9.11. The van der Waals surface area contributed by atoms with Crippen molar-refractivity contribution in [1.29, 1.82) is 0 Å². The van der Waals surface area contributed by atoms with Crippen molar-refractivity contribution in [2.75, 3.05) is 11.9 Å². The number of azide groups is 1. The van der Waals surface area contributed by atoms with E-state index in [2.05, 4.69) is 15.3 Å². The van der Waals surface area contributed by atoms with E-state index < -0.39 is 12.2 Å². The fraction of sp³-hybridized carbons (Fsp3) is 0.417. The van der Waals surface area contributed by atoms with E-state index in [1.165, 1.54) is 0 Å². The van der Waals surface area contributed by atoms with E-state index in [4.69, 9.17) is 5.53 Å². The average molecular weight is 262 g/mol. The third-order valence-electron chi connectivity index (χ3n) is 3.06. The van der Waals surface area contributed by atoms with Gasteiger partial charge in [-0.1, -0.05) is 17.2 Å². The summed E-state index contributed by atoms with van der Waals surface area (Å²) in [6, 6.07) is 5.08. The van der Waals surface area contributed by atoms with E-state index in [-0.39, 0.29) is 12.5 Å². The molecular weight excluding hydrogens is 248 g/mol. The molecule has 0 aromatic heterocycles. The van der Waals surface area contributed by atoms with Crippen molar-refractivity contribution in [3.05, 3.63) is 39.8 Å². The Hall–Kier alpha value is -2.08. The van der Waals surface area contributed by atoms with Gasteiger partial charge in [0.15, 0.2) is 0 Å². The lowest BCUT2D eigenvalue weighted by atomic mass is 9.96. The summed E-state index contributed by atoms with van der Waals surface area (Å²) in [6.45, 7) is -0.189. The molecule has 0 saturated heterocycles. The topological polar surface area (TPSA) is 118 Å². The molecular formula is C12H14N4O3. The molecule has 2 rings (SSSR count). The lowest BCUT2D eigenvalue weighted by Crippen LogP contribution is -2.23. The number of aryl methyl sites for hydroxylation is 1. The zero-order chi connectivity index (χ0) is 13.8. The van der Waals surface area contributed by atoms with Crippen molar-refractivity contribution in [1.82, 2.24) is 0 Å². The third kappa shape index (κ3) is 3.03. The van der Waals surface area contributed by atoms with Crippen LogP contribution in [0.1, 0.15) is 23.7 Å². The van der Waals surface area contributed by atoms with Crippen LogP contribution in [-0.4, -0.2) is 28.8 Å². The summed E-state index contributed by atoms with van der Waals surface area (Å²) in [4.78, 5) is 13.8. The molecule has 1 aliphatic rings. The van der Waals surface area contributed by atoms with Gasteiger partial charge in [0.1, 0.15) is 6.10 Å². The normalized spacial score (nSPS) is 16.8. The van der Waals surface area contributed by atoms with E-state index in [1.807, 2.05) is 0 Å². The standard InChI is InChI=1S/C12H14N4O3/c13-16-14-6-10(17)12(19)8-1-3-9-7(5-8)2-4-11(18)15-9/h1,3,5,10,12,17,19H,2,4,6H2,(H,15,18). The highest BCUT2D eigenvalue weighted by Gasteiger charge is 2.21. The van der Waals surface area contributed by atoms with E-state index in [1.54, 1.807) is 18.2 Å². The summed E-state index contributed by atoms with van der Waals surface area (Å²) in [5.74, 6) is -0.0239. The van der Waals surface area contributed by atoms with Crippen LogP contribution in [0.15, 0.2) is 23.3 Å². The minimum atomic E-state index is -1.15. The molecule has 0 spiro atoms. The van der Waals surface area contributed by atoms with Gasteiger partial charge in [0, 0.05) is 17.0 Å². The Balaban J connectivity index is 2.17. The Morgan fingerprint density at radius 3 is 2.95 bits per heavy atom. The predicted octanol–water partition coefficient (Wildman–Crippen LogP) is 1.28. The number of rotatable bonds is 4. The number of benzene rings is 1. The first kappa shape index (κ1) is 13.4. The fourth-order valence-corrected chi connectivity index (χ4v) is 2.03. The van der Waals surface area contributed by atoms with Crippen LogP contribution in [0, 0.1) is 0 Å². The Morgan fingerprint density at radius 2 is 2.21 bits per heavy atom. The maximum absolute atomic E-state index is 11.2. The van der Waals surface area contributed by atoms with Gasteiger partial charge >= 0.3 is 0 Å². The number of aliphatic hydroxyl groups excluding tert-OH is 2. The van der Waals surface area contributed by atoms with Gasteiger partial charge in [-0.3, -0.25) is 4.79 Å². The van der Waals surface area contributed by atoms with Crippen molar-refractivity contribution in [3.63, 3.8) is 0 Å². The van der Waals surface area contributed by atoms with Gasteiger partial charge in [-0.15, -0.1) is 0 Å². The summed E-state index contributed by atoms with van der Waals surface area (Å²) in [6.07, 6.45) is -1.25. The maximum atomic E-state index is 11.2. The molecule has 0 bridgehead atoms. The van der Waals surface area contributed by atoms with Crippen molar-refractivity contribution in [3.8, 4) is 0 Å². The molecule has 0 saturated carbocycles. The van der Waals surface area contributed by atoms with Crippen LogP contribution >= 0.6 is 0 Å².